The quantitative estimate of drug-likeness (QED) is 0.272. The summed E-state index contributed by atoms with van der Waals surface area (Å²) in [5.41, 5.74) is 4.34. The highest BCUT2D eigenvalue weighted by atomic mass is 32.1. The van der Waals surface area contributed by atoms with Crippen molar-refractivity contribution in [3.8, 4) is 0 Å². The molecule has 4 heteroatoms. The van der Waals surface area contributed by atoms with Crippen molar-refractivity contribution in [3.05, 3.63) is 108 Å². The third kappa shape index (κ3) is 3.64. The summed E-state index contributed by atoms with van der Waals surface area (Å²) in [6.45, 7) is 0. The lowest BCUT2D eigenvalue weighted by Crippen LogP contribution is -1.77. The summed E-state index contributed by atoms with van der Waals surface area (Å²) in [6, 6.07) is 25.4. The molecule has 6 aromatic rings. The molecule has 0 N–H and O–H groups in total. The number of aromatic nitrogens is 2. The first-order valence-electron chi connectivity index (χ1n) is 10.4. The zero-order valence-corrected chi connectivity index (χ0v) is 18.7. The number of thiophene rings is 2. The SMILES string of the molecule is C(=Cc1ccccn1)c1ccc2c(c1)sc1c3ccc(C=Cc4ccccn4)cc3sc21. The van der Waals surface area contributed by atoms with Gasteiger partial charge < -0.3 is 0 Å². The van der Waals surface area contributed by atoms with Gasteiger partial charge in [0.1, 0.15) is 0 Å². The molecule has 0 saturated heterocycles. The van der Waals surface area contributed by atoms with E-state index in [0.29, 0.717) is 0 Å². The number of pyridine rings is 2. The molecule has 0 aliphatic carbocycles. The van der Waals surface area contributed by atoms with Crippen LogP contribution in [-0.4, -0.2) is 9.97 Å². The van der Waals surface area contributed by atoms with Gasteiger partial charge >= 0.3 is 0 Å². The van der Waals surface area contributed by atoms with E-state index < -0.39 is 0 Å². The van der Waals surface area contributed by atoms with Gasteiger partial charge in [-0.25, -0.2) is 0 Å². The minimum absolute atomic E-state index is 0.971. The Labute approximate surface area is 193 Å². The lowest BCUT2D eigenvalue weighted by atomic mass is 10.1. The highest BCUT2D eigenvalue weighted by Gasteiger charge is 2.12. The Morgan fingerprint density at radius 1 is 0.531 bits per heavy atom. The van der Waals surface area contributed by atoms with Gasteiger partial charge in [0, 0.05) is 32.6 Å². The average Bonchev–Trinajstić information content (AvgIpc) is 3.38. The number of fused-ring (bicyclic) bond motifs is 5. The molecule has 32 heavy (non-hydrogen) atoms. The largest absolute Gasteiger partial charge is 0.257 e. The van der Waals surface area contributed by atoms with Crippen molar-refractivity contribution in [1.82, 2.24) is 9.97 Å². The molecule has 2 aromatic carbocycles. The van der Waals surface area contributed by atoms with Gasteiger partial charge in [-0.05, 0) is 59.7 Å². The number of hydrogen-bond acceptors (Lipinski definition) is 4. The van der Waals surface area contributed by atoms with Crippen LogP contribution in [0.1, 0.15) is 22.5 Å². The first-order valence-corrected chi connectivity index (χ1v) is 12.0. The predicted octanol–water partition coefficient (Wildman–Crippen LogP) is 8.40. The Balaban J connectivity index is 1.35. The molecule has 2 nitrogen and oxygen atoms in total. The smallest absolute Gasteiger partial charge is 0.0629 e. The molecule has 4 heterocycles. The van der Waals surface area contributed by atoms with Crippen LogP contribution in [0.3, 0.4) is 0 Å². The third-order valence-electron chi connectivity index (χ3n) is 5.40. The first-order chi connectivity index (χ1) is 15.8. The molecule has 4 aromatic heterocycles. The van der Waals surface area contributed by atoms with E-state index in [4.69, 9.17) is 0 Å². The Morgan fingerprint density at radius 2 is 1.03 bits per heavy atom. The average molecular weight is 447 g/mol. The molecular formula is C28H18N2S2. The van der Waals surface area contributed by atoms with Crippen LogP contribution in [0, 0.1) is 0 Å². The molecule has 0 fully saturated rings. The zero-order chi connectivity index (χ0) is 21.3. The highest BCUT2D eigenvalue weighted by molar-refractivity contribution is 7.36. The fraction of sp³-hybridized carbons (Fsp3) is 0. The van der Waals surface area contributed by atoms with Gasteiger partial charge in [0.25, 0.3) is 0 Å². The maximum Gasteiger partial charge on any atom is 0.0629 e. The van der Waals surface area contributed by atoms with Crippen molar-refractivity contribution in [1.29, 1.82) is 0 Å². The molecule has 6 rings (SSSR count). The number of rotatable bonds is 4. The van der Waals surface area contributed by atoms with E-state index in [0.717, 1.165) is 11.4 Å². The summed E-state index contributed by atoms with van der Waals surface area (Å²) in [5.74, 6) is 0. The van der Waals surface area contributed by atoms with Gasteiger partial charge in [-0.15, -0.1) is 22.7 Å². The van der Waals surface area contributed by atoms with E-state index in [-0.39, 0.29) is 0 Å². The second-order valence-electron chi connectivity index (χ2n) is 7.55. The minimum Gasteiger partial charge on any atom is -0.257 e. The molecular weight excluding hydrogens is 428 g/mol. The Hall–Kier alpha value is -3.60. The van der Waals surface area contributed by atoms with Gasteiger partial charge in [-0.1, -0.05) is 48.6 Å². The summed E-state index contributed by atoms with van der Waals surface area (Å²) in [4.78, 5) is 8.73. The molecule has 0 aliphatic heterocycles. The highest BCUT2D eigenvalue weighted by Crippen LogP contribution is 2.44. The van der Waals surface area contributed by atoms with Crippen LogP contribution in [0.15, 0.2) is 85.2 Å². The van der Waals surface area contributed by atoms with Crippen LogP contribution < -0.4 is 0 Å². The number of hydrogen-bond donors (Lipinski definition) is 0. The van der Waals surface area contributed by atoms with E-state index in [9.17, 15) is 0 Å². The maximum atomic E-state index is 4.36. The summed E-state index contributed by atoms with van der Waals surface area (Å²) < 4.78 is 5.42. The van der Waals surface area contributed by atoms with E-state index in [1.165, 1.54) is 40.7 Å². The second-order valence-corrected chi connectivity index (χ2v) is 9.65. The monoisotopic (exact) mass is 446 g/mol. The predicted molar refractivity (Wildman–Crippen MR) is 141 cm³/mol. The summed E-state index contributed by atoms with van der Waals surface area (Å²) in [5, 5.41) is 2.68. The summed E-state index contributed by atoms with van der Waals surface area (Å²) in [7, 11) is 0. The van der Waals surface area contributed by atoms with Crippen LogP contribution in [0.4, 0.5) is 0 Å². The van der Waals surface area contributed by atoms with Crippen molar-refractivity contribution >= 4 is 76.5 Å². The molecule has 0 radical (unpaired) electrons. The first kappa shape index (κ1) is 19.1. The van der Waals surface area contributed by atoms with Crippen molar-refractivity contribution in [2.24, 2.45) is 0 Å². The van der Waals surface area contributed by atoms with Crippen LogP contribution in [-0.2, 0) is 0 Å². The molecule has 0 unspecified atom stereocenters. The molecule has 152 valence electrons. The van der Waals surface area contributed by atoms with Crippen LogP contribution >= 0.6 is 22.7 Å². The Morgan fingerprint density at radius 3 is 1.47 bits per heavy atom. The topological polar surface area (TPSA) is 25.8 Å². The van der Waals surface area contributed by atoms with Gasteiger partial charge in [0.05, 0.1) is 20.8 Å². The second kappa shape index (κ2) is 8.15. The van der Waals surface area contributed by atoms with Gasteiger partial charge in [0.15, 0.2) is 0 Å². The van der Waals surface area contributed by atoms with Gasteiger partial charge in [0.2, 0.25) is 0 Å². The minimum atomic E-state index is 0.971. The van der Waals surface area contributed by atoms with Crippen LogP contribution in [0.25, 0.3) is 53.9 Å². The van der Waals surface area contributed by atoms with Crippen LogP contribution in [0.2, 0.25) is 0 Å². The van der Waals surface area contributed by atoms with E-state index >= 15 is 0 Å². The maximum absolute atomic E-state index is 4.36. The van der Waals surface area contributed by atoms with Crippen molar-refractivity contribution in [3.63, 3.8) is 0 Å². The number of benzene rings is 2. The van der Waals surface area contributed by atoms with Crippen molar-refractivity contribution in [2.75, 3.05) is 0 Å². The lowest BCUT2D eigenvalue weighted by Gasteiger charge is -1.96. The zero-order valence-electron chi connectivity index (χ0n) is 17.1. The lowest BCUT2D eigenvalue weighted by molar-refractivity contribution is 1.30. The number of nitrogens with zero attached hydrogens (tertiary/aromatic N) is 2. The van der Waals surface area contributed by atoms with E-state index in [1.807, 2.05) is 71.5 Å². The van der Waals surface area contributed by atoms with Gasteiger partial charge in [-0.2, -0.15) is 0 Å². The van der Waals surface area contributed by atoms with E-state index in [1.54, 1.807) is 0 Å². The Bertz CT molecular complexity index is 1480. The fourth-order valence-electron chi connectivity index (χ4n) is 3.81. The molecule has 0 atom stereocenters. The molecule has 0 amide bonds. The molecule has 0 saturated carbocycles. The standard InChI is InChI=1S/C28H18N2S2/c1-3-15-29-21(5-1)11-7-19-9-13-23-25(17-19)31-28-24-14-10-20(18-26(24)32-27(23)28)8-12-22-6-2-4-16-30-22/h1-18H. The van der Waals surface area contributed by atoms with E-state index in [2.05, 4.69) is 70.7 Å². The summed E-state index contributed by atoms with van der Waals surface area (Å²) >= 11 is 3.77. The summed E-state index contributed by atoms with van der Waals surface area (Å²) in [6.07, 6.45) is 12.0. The molecule has 0 bridgehead atoms. The van der Waals surface area contributed by atoms with Crippen LogP contribution in [0.5, 0.6) is 0 Å². The fourth-order valence-corrected chi connectivity index (χ4v) is 6.56. The normalized spacial score (nSPS) is 12.1. The van der Waals surface area contributed by atoms with Crippen molar-refractivity contribution in [2.45, 2.75) is 0 Å². The molecule has 0 spiro atoms. The van der Waals surface area contributed by atoms with Crippen molar-refractivity contribution < 1.29 is 0 Å². The molecule has 0 aliphatic rings. The Kier molecular flexibility index (Phi) is 4.87. The third-order valence-corrected chi connectivity index (χ3v) is 7.90. The van der Waals surface area contributed by atoms with Gasteiger partial charge in [-0.3, -0.25) is 9.97 Å².